The van der Waals surface area contributed by atoms with Gasteiger partial charge in [0.15, 0.2) is 0 Å². The SMILES string of the molecule is CC(C)Oc1ccccc1-c1ccccc1COC1CCNC1. The average Bonchev–Trinajstić information content (AvgIpc) is 3.07. The van der Waals surface area contributed by atoms with Crippen molar-refractivity contribution in [3.05, 3.63) is 54.1 Å². The molecule has 0 aliphatic carbocycles. The third kappa shape index (κ3) is 4.12. The monoisotopic (exact) mass is 311 g/mol. The number of benzene rings is 2. The maximum absolute atomic E-state index is 6.07. The zero-order valence-corrected chi connectivity index (χ0v) is 13.9. The van der Waals surface area contributed by atoms with E-state index in [0.717, 1.165) is 30.8 Å². The number of nitrogens with one attached hydrogen (secondary N) is 1. The van der Waals surface area contributed by atoms with Crippen LogP contribution in [0.15, 0.2) is 48.5 Å². The van der Waals surface area contributed by atoms with Gasteiger partial charge in [-0.05, 0) is 44.0 Å². The molecule has 1 atom stereocenters. The Labute approximate surface area is 138 Å². The molecule has 23 heavy (non-hydrogen) atoms. The highest BCUT2D eigenvalue weighted by molar-refractivity contribution is 5.73. The highest BCUT2D eigenvalue weighted by Crippen LogP contribution is 2.33. The number of hydrogen-bond acceptors (Lipinski definition) is 3. The van der Waals surface area contributed by atoms with Gasteiger partial charge >= 0.3 is 0 Å². The second-order valence-electron chi connectivity index (χ2n) is 6.25. The lowest BCUT2D eigenvalue weighted by Crippen LogP contribution is -2.16. The second kappa shape index (κ2) is 7.62. The fraction of sp³-hybridized carbons (Fsp3) is 0.400. The minimum absolute atomic E-state index is 0.157. The van der Waals surface area contributed by atoms with E-state index in [-0.39, 0.29) is 6.10 Å². The summed E-state index contributed by atoms with van der Waals surface area (Å²) >= 11 is 0. The van der Waals surface area contributed by atoms with Gasteiger partial charge in [-0.3, -0.25) is 0 Å². The highest BCUT2D eigenvalue weighted by Gasteiger charge is 2.16. The summed E-state index contributed by atoms with van der Waals surface area (Å²) in [5.74, 6) is 0.928. The van der Waals surface area contributed by atoms with Crippen molar-refractivity contribution in [1.29, 1.82) is 0 Å². The van der Waals surface area contributed by atoms with Gasteiger partial charge in [0.05, 0.1) is 18.8 Å². The molecule has 0 spiro atoms. The van der Waals surface area contributed by atoms with Crippen LogP contribution in [0.1, 0.15) is 25.8 Å². The van der Waals surface area contributed by atoms with Gasteiger partial charge in [0.1, 0.15) is 5.75 Å². The van der Waals surface area contributed by atoms with Crippen molar-refractivity contribution >= 4 is 0 Å². The van der Waals surface area contributed by atoms with Gasteiger partial charge in [0.25, 0.3) is 0 Å². The van der Waals surface area contributed by atoms with Crippen LogP contribution in [0.3, 0.4) is 0 Å². The van der Waals surface area contributed by atoms with Crippen molar-refractivity contribution in [3.8, 4) is 16.9 Å². The number of ether oxygens (including phenoxy) is 2. The molecule has 1 fully saturated rings. The van der Waals surface area contributed by atoms with E-state index in [1.54, 1.807) is 0 Å². The Hall–Kier alpha value is -1.84. The van der Waals surface area contributed by atoms with Crippen LogP contribution in [0.5, 0.6) is 5.75 Å². The van der Waals surface area contributed by atoms with Crippen LogP contribution in [0, 0.1) is 0 Å². The summed E-state index contributed by atoms with van der Waals surface area (Å²) in [4.78, 5) is 0. The molecule has 0 saturated carbocycles. The van der Waals surface area contributed by atoms with Crippen LogP contribution in [-0.2, 0) is 11.3 Å². The van der Waals surface area contributed by atoms with Gasteiger partial charge in [0, 0.05) is 12.1 Å². The number of hydrogen-bond donors (Lipinski definition) is 1. The number of para-hydroxylation sites is 1. The molecule has 1 saturated heterocycles. The Bertz CT molecular complexity index is 633. The van der Waals surface area contributed by atoms with Crippen molar-refractivity contribution in [3.63, 3.8) is 0 Å². The molecule has 2 aromatic rings. The molecular weight excluding hydrogens is 286 g/mol. The third-order valence-electron chi connectivity index (χ3n) is 4.05. The van der Waals surface area contributed by atoms with Gasteiger partial charge in [0.2, 0.25) is 0 Å². The van der Waals surface area contributed by atoms with Crippen LogP contribution < -0.4 is 10.1 Å². The molecule has 1 N–H and O–H groups in total. The fourth-order valence-corrected chi connectivity index (χ4v) is 2.93. The highest BCUT2D eigenvalue weighted by atomic mass is 16.5. The molecule has 0 bridgehead atoms. The maximum atomic E-state index is 6.07. The molecule has 3 nitrogen and oxygen atoms in total. The van der Waals surface area contributed by atoms with Crippen LogP contribution in [0.4, 0.5) is 0 Å². The molecule has 3 heteroatoms. The zero-order valence-electron chi connectivity index (χ0n) is 13.9. The lowest BCUT2D eigenvalue weighted by Gasteiger charge is -2.17. The van der Waals surface area contributed by atoms with Gasteiger partial charge in [-0.25, -0.2) is 0 Å². The molecule has 3 rings (SSSR count). The maximum Gasteiger partial charge on any atom is 0.127 e. The fourth-order valence-electron chi connectivity index (χ4n) is 2.93. The largest absolute Gasteiger partial charge is 0.490 e. The first-order valence-corrected chi connectivity index (χ1v) is 8.40. The molecule has 1 heterocycles. The van der Waals surface area contributed by atoms with E-state index in [2.05, 4.69) is 55.6 Å². The summed E-state index contributed by atoms with van der Waals surface area (Å²) in [7, 11) is 0. The van der Waals surface area contributed by atoms with E-state index in [1.807, 2.05) is 12.1 Å². The van der Waals surface area contributed by atoms with Gasteiger partial charge in [-0.15, -0.1) is 0 Å². The van der Waals surface area contributed by atoms with Crippen LogP contribution >= 0.6 is 0 Å². The molecular formula is C20H25NO2. The summed E-state index contributed by atoms with van der Waals surface area (Å²) in [6.45, 7) is 6.75. The van der Waals surface area contributed by atoms with E-state index in [1.165, 1.54) is 11.1 Å². The van der Waals surface area contributed by atoms with Crippen molar-refractivity contribution < 1.29 is 9.47 Å². The first kappa shape index (κ1) is 16.0. The Morgan fingerprint density at radius 1 is 1.04 bits per heavy atom. The summed E-state index contributed by atoms with van der Waals surface area (Å²) in [6, 6.07) is 16.7. The first-order valence-electron chi connectivity index (χ1n) is 8.40. The second-order valence-corrected chi connectivity index (χ2v) is 6.25. The van der Waals surface area contributed by atoms with E-state index in [9.17, 15) is 0 Å². The van der Waals surface area contributed by atoms with Gasteiger partial charge < -0.3 is 14.8 Å². The Morgan fingerprint density at radius 3 is 2.52 bits per heavy atom. The Kier molecular flexibility index (Phi) is 5.31. The summed E-state index contributed by atoms with van der Waals surface area (Å²) < 4.78 is 12.1. The smallest absolute Gasteiger partial charge is 0.127 e. The van der Waals surface area contributed by atoms with E-state index < -0.39 is 0 Å². The zero-order chi connectivity index (χ0) is 16.1. The summed E-state index contributed by atoms with van der Waals surface area (Å²) in [6.07, 6.45) is 1.57. The molecule has 0 aromatic heterocycles. The van der Waals surface area contributed by atoms with Gasteiger partial charge in [-0.1, -0.05) is 42.5 Å². The van der Waals surface area contributed by atoms with Crippen LogP contribution in [0.25, 0.3) is 11.1 Å². The molecule has 2 aromatic carbocycles. The number of rotatable bonds is 6. The molecule has 1 unspecified atom stereocenters. The van der Waals surface area contributed by atoms with Crippen molar-refractivity contribution in [2.75, 3.05) is 13.1 Å². The Balaban J connectivity index is 1.85. The predicted octanol–water partition coefficient (Wildman–Crippen LogP) is 4.02. The quantitative estimate of drug-likeness (QED) is 0.874. The Morgan fingerprint density at radius 2 is 1.78 bits per heavy atom. The van der Waals surface area contributed by atoms with Crippen molar-refractivity contribution in [1.82, 2.24) is 5.32 Å². The normalized spacial score (nSPS) is 17.6. The minimum atomic E-state index is 0.157. The van der Waals surface area contributed by atoms with Crippen LogP contribution in [0.2, 0.25) is 0 Å². The standard InChI is InChI=1S/C20H25NO2/c1-15(2)23-20-10-6-5-9-19(20)18-8-4-3-7-16(18)14-22-17-11-12-21-13-17/h3-10,15,17,21H,11-14H2,1-2H3. The first-order chi connectivity index (χ1) is 11.2. The van der Waals surface area contributed by atoms with Crippen molar-refractivity contribution in [2.24, 2.45) is 0 Å². The summed E-state index contributed by atoms with van der Waals surface area (Å²) in [5.41, 5.74) is 3.53. The van der Waals surface area contributed by atoms with Gasteiger partial charge in [-0.2, -0.15) is 0 Å². The summed E-state index contributed by atoms with van der Waals surface area (Å²) in [5, 5.41) is 3.34. The molecule has 0 amide bonds. The lowest BCUT2D eigenvalue weighted by molar-refractivity contribution is 0.0545. The predicted molar refractivity (Wildman–Crippen MR) is 93.7 cm³/mol. The van der Waals surface area contributed by atoms with E-state index in [0.29, 0.717) is 12.7 Å². The molecule has 1 aliphatic rings. The molecule has 122 valence electrons. The van der Waals surface area contributed by atoms with E-state index in [4.69, 9.17) is 9.47 Å². The van der Waals surface area contributed by atoms with Crippen LogP contribution in [-0.4, -0.2) is 25.3 Å². The lowest BCUT2D eigenvalue weighted by atomic mass is 9.99. The molecule has 1 aliphatic heterocycles. The minimum Gasteiger partial charge on any atom is -0.490 e. The topological polar surface area (TPSA) is 30.5 Å². The van der Waals surface area contributed by atoms with Crippen molar-refractivity contribution in [2.45, 2.75) is 39.1 Å². The third-order valence-corrected chi connectivity index (χ3v) is 4.05. The molecule has 0 radical (unpaired) electrons. The van der Waals surface area contributed by atoms with E-state index >= 15 is 0 Å². The average molecular weight is 311 g/mol.